The molecule has 5 nitrogen and oxygen atoms in total. The van der Waals surface area contributed by atoms with Crippen LogP contribution < -0.4 is 10.2 Å². The van der Waals surface area contributed by atoms with Gasteiger partial charge in [-0.3, -0.25) is 5.32 Å². The zero-order valence-electron chi connectivity index (χ0n) is 18.5. The van der Waals surface area contributed by atoms with E-state index in [4.69, 9.17) is 33.0 Å². The maximum absolute atomic E-state index is 13.7. The van der Waals surface area contributed by atoms with E-state index in [0.29, 0.717) is 42.0 Å². The zero-order chi connectivity index (χ0) is 25.8. The Morgan fingerprint density at radius 2 is 1.51 bits per heavy atom. The van der Waals surface area contributed by atoms with E-state index in [-0.39, 0.29) is 19.4 Å². The molecule has 194 valence electrons. The molecule has 0 saturated heterocycles. The standard InChI is InChI=1S/C22H24Cl2F4N2O3S2/c23-7-9-30(10-8-24)15-5-3-14(4-6-15)29-22(32)33-11-13-35-34-12-1-2-16-17(25)19(27)21(31)20(28)18(16)26/h3-6,31H,1-2,7-13H2,(H,29,32). The summed E-state index contributed by atoms with van der Waals surface area (Å²) in [6.45, 7) is 1.44. The minimum Gasteiger partial charge on any atom is -0.503 e. The topological polar surface area (TPSA) is 61.8 Å². The molecule has 0 aromatic heterocycles. The molecule has 0 aliphatic heterocycles. The van der Waals surface area contributed by atoms with Crippen molar-refractivity contribution in [2.45, 2.75) is 12.8 Å². The lowest BCUT2D eigenvalue weighted by Gasteiger charge is -2.23. The smallest absolute Gasteiger partial charge is 0.411 e. The van der Waals surface area contributed by atoms with Crippen molar-refractivity contribution in [2.24, 2.45) is 0 Å². The van der Waals surface area contributed by atoms with E-state index >= 15 is 0 Å². The summed E-state index contributed by atoms with van der Waals surface area (Å²) in [6, 6.07) is 7.18. The molecule has 2 aromatic carbocycles. The van der Waals surface area contributed by atoms with E-state index in [2.05, 4.69) is 5.32 Å². The second-order valence-corrected chi connectivity index (χ2v) is 10.5. The lowest BCUT2D eigenvalue weighted by Crippen LogP contribution is -2.27. The number of aromatic hydroxyl groups is 1. The third kappa shape index (κ3) is 9.04. The normalized spacial score (nSPS) is 10.9. The van der Waals surface area contributed by atoms with Crippen LogP contribution in [-0.2, 0) is 11.2 Å². The van der Waals surface area contributed by atoms with Crippen molar-refractivity contribution >= 4 is 62.3 Å². The van der Waals surface area contributed by atoms with Crippen molar-refractivity contribution in [1.82, 2.24) is 0 Å². The van der Waals surface area contributed by atoms with Crippen LogP contribution in [0, 0.1) is 23.3 Å². The lowest BCUT2D eigenvalue weighted by atomic mass is 10.1. The highest BCUT2D eigenvalue weighted by atomic mass is 35.5. The van der Waals surface area contributed by atoms with Crippen LogP contribution in [0.5, 0.6) is 5.75 Å². The van der Waals surface area contributed by atoms with Crippen LogP contribution in [0.25, 0.3) is 0 Å². The van der Waals surface area contributed by atoms with Crippen molar-refractivity contribution in [2.75, 3.05) is 53.2 Å². The highest BCUT2D eigenvalue weighted by molar-refractivity contribution is 8.76. The van der Waals surface area contributed by atoms with Crippen LogP contribution in [-0.4, -0.2) is 54.2 Å². The number of carbonyl (C=O) groups is 1. The maximum atomic E-state index is 13.7. The van der Waals surface area contributed by atoms with E-state index in [9.17, 15) is 22.4 Å². The molecule has 2 aromatic rings. The summed E-state index contributed by atoms with van der Waals surface area (Å²) < 4.78 is 59.2. The molecule has 0 unspecified atom stereocenters. The Hall–Kier alpha value is -1.69. The molecular formula is C22H24Cl2F4N2O3S2. The van der Waals surface area contributed by atoms with Crippen LogP contribution >= 0.6 is 44.8 Å². The predicted octanol–water partition coefficient (Wildman–Crippen LogP) is 6.80. The number of benzene rings is 2. The fourth-order valence-electron chi connectivity index (χ4n) is 2.96. The highest BCUT2D eigenvalue weighted by Gasteiger charge is 2.24. The van der Waals surface area contributed by atoms with E-state index in [0.717, 1.165) is 5.69 Å². The molecule has 35 heavy (non-hydrogen) atoms. The van der Waals surface area contributed by atoms with Crippen molar-refractivity contribution in [1.29, 1.82) is 0 Å². The van der Waals surface area contributed by atoms with Crippen molar-refractivity contribution in [3.05, 3.63) is 53.1 Å². The second-order valence-electron chi connectivity index (χ2n) is 7.00. The number of halogens is 6. The highest BCUT2D eigenvalue weighted by Crippen LogP contribution is 2.30. The number of hydrogen-bond donors (Lipinski definition) is 2. The maximum Gasteiger partial charge on any atom is 0.411 e. The summed E-state index contributed by atoms with van der Waals surface area (Å²) in [6.07, 6.45) is -0.587. The minimum atomic E-state index is -1.80. The second kappa shape index (κ2) is 15.4. The van der Waals surface area contributed by atoms with E-state index < -0.39 is 40.7 Å². The molecule has 0 aliphatic rings. The molecule has 0 spiro atoms. The van der Waals surface area contributed by atoms with Crippen LogP contribution in [0.15, 0.2) is 24.3 Å². The third-order valence-electron chi connectivity index (χ3n) is 4.66. The molecule has 0 aliphatic carbocycles. The summed E-state index contributed by atoms with van der Waals surface area (Å²) in [5.41, 5.74) is 0.770. The summed E-state index contributed by atoms with van der Waals surface area (Å²) in [5.74, 6) is -6.59. The SMILES string of the molecule is O=C(Nc1ccc(N(CCCl)CCCl)cc1)OCCSSCCCc1c(F)c(F)c(O)c(F)c1F. The number of rotatable bonds is 14. The van der Waals surface area contributed by atoms with Crippen molar-refractivity contribution < 1.29 is 32.2 Å². The Bertz CT molecular complexity index is 940. The number of anilines is 2. The largest absolute Gasteiger partial charge is 0.503 e. The Kier molecular flexibility index (Phi) is 13.0. The van der Waals surface area contributed by atoms with Gasteiger partial charge in [-0.15, -0.1) is 23.2 Å². The van der Waals surface area contributed by atoms with Crippen LogP contribution in [0.4, 0.5) is 33.7 Å². The van der Waals surface area contributed by atoms with Crippen LogP contribution in [0.2, 0.25) is 0 Å². The van der Waals surface area contributed by atoms with Gasteiger partial charge in [0.25, 0.3) is 0 Å². The van der Waals surface area contributed by atoms with Gasteiger partial charge < -0.3 is 14.7 Å². The molecule has 2 N–H and O–H groups in total. The zero-order valence-corrected chi connectivity index (χ0v) is 21.6. The molecule has 0 atom stereocenters. The lowest BCUT2D eigenvalue weighted by molar-refractivity contribution is 0.169. The summed E-state index contributed by atoms with van der Waals surface area (Å²) in [5, 5.41) is 11.6. The van der Waals surface area contributed by atoms with Gasteiger partial charge in [0.1, 0.15) is 6.61 Å². The molecule has 2 rings (SSSR count). The third-order valence-corrected chi connectivity index (χ3v) is 7.45. The summed E-state index contributed by atoms with van der Waals surface area (Å²) in [7, 11) is 2.74. The number of phenols is 1. The van der Waals surface area contributed by atoms with Gasteiger partial charge in [-0.25, -0.2) is 13.6 Å². The predicted molar refractivity (Wildman–Crippen MR) is 136 cm³/mol. The number of phenolic OH excluding ortho intramolecular Hbond substituents is 1. The van der Waals surface area contributed by atoms with Crippen LogP contribution in [0.3, 0.4) is 0 Å². The Labute approximate surface area is 218 Å². The molecule has 0 bridgehead atoms. The summed E-state index contributed by atoms with van der Waals surface area (Å²) in [4.78, 5) is 14.0. The number of nitrogens with one attached hydrogen (secondary N) is 1. The fourth-order valence-corrected chi connectivity index (χ4v) is 5.28. The van der Waals surface area contributed by atoms with E-state index in [1.54, 1.807) is 12.1 Å². The average Bonchev–Trinajstić information content (AvgIpc) is 2.85. The number of hydrogen-bond acceptors (Lipinski definition) is 6. The minimum absolute atomic E-state index is 0.137. The summed E-state index contributed by atoms with van der Waals surface area (Å²) >= 11 is 11.6. The first-order valence-electron chi connectivity index (χ1n) is 10.5. The first kappa shape index (κ1) is 29.5. The van der Waals surface area contributed by atoms with Gasteiger partial charge in [-0.2, -0.15) is 8.78 Å². The Morgan fingerprint density at radius 1 is 0.943 bits per heavy atom. The number of alkyl halides is 2. The van der Waals surface area contributed by atoms with Gasteiger partial charge in [0.05, 0.1) is 0 Å². The van der Waals surface area contributed by atoms with Crippen molar-refractivity contribution in [3.8, 4) is 5.75 Å². The molecule has 13 heteroatoms. The van der Waals surface area contributed by atoms with Gasteiger partial charge in [-0.05, 0) is 37.1 Å². The number of carbonyl (C=O) groups excluding carboxylic acids is 1. The molecule has 0 heterocycles. The van der Waals surface area contributed by atoms with Gasteiger partial charge in [0, 0.05) is 53.3 Å². The monoisotopic (exact) mass is 574 g/mol. The molecule has 0 fully saturated rings. The number of ether oxygens (including phenoxy) is 1. The van der Waals surface area contributed by atoms with Crippen LogP contribution in [0.1, 0.15) is 12.0 Å². The van der Waals surface area contributed by atoms with Gasteiger partial charge in [0.2, 0.25) is 11.6 Å². The number of amides is 1. The molecular weight excluding hydrogens is 551 g/mol. The van der Waals surface area contributed by atoms with E-state index in [1.807, 2.05) is 17.0 Å². The number of nitrogens with zero attached hydrogens (tertiary/aromatic N) is 1. The van der Waals surface area contributed by atoms with Gasteiger partial charge >= 0.3 is 6.09 Å². The molecule has 0 saturated carbocycles. The fraction of sp³-hybridized carbons (Fsp3) is 0.409. The first-order valence-corrected chi connectivity index (χ1v) is 14.0. The van der Waals surface area contributed by atoms with Gasteiger partial charge in [0.15, 0.2) is 17.4 Å². The quantitative estimate of drug-likeness (QED) is 0.0850. The molecule has 1 amide bonds. The first-order chi connectivity index (χ1) is 16.8. The Morgan fingerprint density at radius 3 is 2.09 bits per heavy atom. The van der Waals surface area contributed by atoms with E-state index in [1.165, 1.54) is 21.6 Å². The molecule has 0 radical (unpaired) electrons. The van der Waals surface area contributed by atoms with Crippen molar-refractivity contribution in [3.63, 3.8) is 0 Å². The average molecular weight is 575 g/mol. The Balaban J connectivity index is 1.63. The van der Waals surface area contributed by atoms with Gasteiger partial charge in [-0.1, -0.05) is 21.6 Å².